The van der Waals surface area contributed by atoms with E-state index < -0.39 is 0 Å². The number of primary amides is 1. The van der Waals surface area contributed by atoms with Crippen molar-refractivity contribution in [2.24, 2.45) is 5.73 Å². The lowest BCUT2D eigenvalue weighted by Gasteiger charge is -2.11. The van der Waals surface area contributed by atoms with Gasteiger partial charge in [0.15, 0.2) is 0 Å². The summed E-state index contributed by atoms with van der Waals surface area (Å²) < 4.78 is 14.8. The molecule has 3 rings (SSSR count). The first kappa shape index (κ1) is 17.3. The fourth-order valence-corrected chi connectivity index (χ4v) is 3.78. The quantitative estimate of drug-likeness (QED) is 0.735. The van der Waals surface area contributed by atoms with Gasteiger partial charge in [0.1, 0.15) is 16.5 Å². The maximum Gasteiger partial charge on any atom is 0.262 e. The van der Waals surface area contributed by atoms with Crippen molar-refractivity contribution < 1.29 is 9.18 Å². The van der Waals surface area contributed by atoms with Crippen molar-refractivity contribution in [2.75, 3.05) is 0 Å². The van der Waals surface area contributed by atoms with Gasteiger partial charge in [0.25, 0.3) is 5.56 Å². The number of thiophene rings is 1. The molecule has 5 nitrogen and oxygen atoms in total. The summed E-state index contributed by atoms with van der Waals surface area (Å²) in [6.45, 7) is 2.33. The molecule has 0 fully saturated rings. The lowest BCUT2D eigenvalue weighted by atomic mass is 10.1. The molecule has 25 heavy (non-hydrogen) atoms. The van der Waals surface area contributed by atoms with Crippen molar-refractivity contribution in [1.29, 1.82) is 0 Å². The Morgan fingerprint density at radius 3 is 2.68 bits per heavy atom. The standard InChI is InChI=1S/C18H18FN3O2S/c1-2-15-21-17-16(18(24)22(15)9-3-4-14(20)23)13(10-25-17)11-5-7-12(19)8-6-11/h5-8,10H,2-4,9H2,1H3,(H2,20,23). The number of nitrogens with two attached hydrogens (primary N) is 1. The highest BCUT2D eigenvalue weighted by atomic mass is 32.1. The summed E-state index contributed by atoms with van der Waals surface area (Å²) in [5.74, 6) is -0.0179. The maximum absolute atomic E-state index is 13.2. The smallest absolute Gasteiger partial charge is 0.262 e. The Morgan fingerprint density at radius 1 is 1.32 bits per heavy atom. The van der Waals surface area contributed by atoms with Crippen LogP contribution in [0, 0.1) is 5.82 Å². The molecule has 0 atom stereocenters. The van der Waals surface area contributed by atoms with Gasteiger partial charge in [0, 0.05) is 30.3 Å². The summed E-state index contributed by atoms with van der Waals surface area (Å²) >= 11 is 1.40. The molecule has 0 aliphatic heterocycles. The minimum atomic E-state index is -0.386. The van der Waals surface area contributed by atoms with E-state index in [1.54, 1.807) is 16.7 Å². The van der Waals surface area contributed by atoms with E-state index in [2.05, 4.69) is 4.98 Å². The fourth-order valence-electron chi connectivity index (χ4n) is 2.82. The number of hydrogen-bond acceptors (Lipinski definition) is 4. The maximum atomic E-state index is 13.2. The summed E-state index contributed by atoms with van der Waals surface area (Å²) in [6.07, 6.45) is 1.33. The second-order valence-electron chi connectivity index (χ2n) is 5.74. The number of carbonyl (C=O) groups excluding carboxylic acids is 1. The summed E-state index contributed by atoms with van der Waals surface area (Å²) in [4.78, 5) is 29.3. The van der Waals surface area contributed by atoms with Gasteiger partial charge in [-0.3, -0.25) is 14.2 Å². The van der Waals surface area contributed by atoms with Gasteiger partial charge in [0.2, 0.25) is 5.91 Å². The highest BCUT2D eigenvalue weighted by Crippen LogP contribution is 2.31. The molecule has 0 saturated heterocycles. The first-order chi connectivity index (χ1) is 12.0. The molecule has 0 aliphatic carbocycles. The van der Waals surface area contributed by atoms with Crippen molar-refractivity contribution in [3.63, 3.8) is 0 Å². The second-order valence-corrected chi connectivity index (χ2v) is 6.60. The molecule has 3 aromatic rings. The molecule has 2 aromatic heterocycles. The van der Waals surface area contributed by atoms with Crippen molar-refractivity contribution in [3.8, 4) is 11.1 Å². The van der Waals surface area contributed by atoms with Gasteiger partial charge in [-0.1, -0.05) is 19.1 Å². The summed E-state index contributed by atoms with van der Waals surface area (Å²) in [5, 5.41) is 2.41. The van der Waals surface area contributed by atoms with Crippen molar-refractivity contribution in [1.82, 2.24) is 9.55 Å². The van der Waals surface area contributed by atoms with Crippen LogP contribution in [0.3, 0.4) is 0 Å². The van der Waals surface area contributed by atoms with Gasteiger partial charge in [0.05, 0.1) is 5.39 Å². The zero-order valence-corrected chi connectivity index (χ0v) is 14.6. The van der Waals surface area contributed by atoms with E-state index >= 15 is 0 Å². The van der Waals surface area contributed by atoms with Gasteiger partial charge in [-0.25, -0.2) is 9.37 Å². The van der Waals surface area contributed by atoms with E-state index in [0.29, 0.717) is 35.4 Å². The number of amides is 1. The van der Waals surface area contributed by atoms with Crippen molar-refractivity contribution >= 4 is 27.5 Å². The van der Waals surface area contributed by atoms with Crippen LogP contribution in [0.4, 0.5) is 4.39 Å². The molecule has 1 aromatic carbocycles. The number of benzene rings is 1. The molecule has 0 unspecified atom stereocenters. The number of nitrogens with zero attached hydrogens (tertiary/aromatic N) is 2. The number of aromatic nitrogens is 2. The van der Waals surface area contributed by atoms with Gasteiger partial charge >= 0.3 is 0 Å². The number of rotatable bonds is 6. The average molecular weight is 359 g/mol. The van der Waals surface area contributed by atoms with E-state index in [1.165, 1.54) is 23.5 Å². The Kier molecular flexibility index (Phi) is 4.94. The van der Waals surface area contributed by atoms with Gasteiger partial charge in [-0.15, -0.1) is 11.3 Å². The largest absolute Gasteiger partial charge is 0.370 e. The number of halogens is 1. The number of fused-ring (bicyclic) bond motifs is 1. The van der Waals surface area contributed by atoms with E-state index in [0.717, 1.165) is 11.1 Å². The summed E-state index contributed by atoms with van der Waals surface area (Å²) in [6, 6.07) is 6.05. The molecular formula is C18H18FN3O2S. The molecule has 2 heterocycles. The third-order valence-corrected chi connectivity index (χ3v) is 4.92. The molecule has 0 spiro atoms. The Morgan fingerprint density at radius 2 is 2.04 bits per heavy atom. The number of aryl methyl sites for hydroxylation is 1. The van der Waals surface area contributed by atoms with Gasteiger partial charge < -0.3 is 5.73 Å². The first-order valence-corrected chi connectivity index (χ1v) is 8.94. The zero-order valence-electron chi connectivity index (χ0n) is 13.8. The molecule has 0 saturated carbocycles. The van der Waals surface area contributed by atoms with Crippen LogP contribution in [0.25, 0.3) is 21.3 Å². The topological polar surface area (TPSA) is 78.0 Å². The van der Waals surface area contributed by atoms with E-state index in [4.69, 9.17) is 5.73 Å². The van der Waals surface area contributed by atoms with E-state index in [-0.39, 0.29) is 23.7 Å². The highest BCUT2D eigenvalue weighted by Gasteiger charge is 2.16. The number of carbonyl (C=O) groups is 1. The van der Waals surface area contributed by atoms with Crippen LogP contribution in [0.15, 0.2) is 34.4 Å². The Balaban J connectivity index is 2.11. The minimum absolute atomic E-state index is 0.133. The van der Waals surface area contributed by atoms with E-state index in [9.17, 15) is 14.0 Å². The zero-order chi connectivity index (χ0) is 18.0. The second kappa shape index (κ2) is 7.14. The lowest BCUT2D eigenvalue weighted by Crippen LogP contribution is -2.25. The lowest BCUT2D eigenvalue weighted by molar-refractivity contribution is -0.118. The van der Waals surface area contributed by atoms with Crippen LogP contribution in [0.1, 0.15) is 25.6 Å². The van der Waals surface area contributed by atoms with Crippen molar-refractivity contribution in [2.45, 2.75) is 32.7 Å². The normalized spacial score (nSPS) is 11.1. The van der Waals surface area contributed by atoms with Crippen LogP contribution in [-0.2, 0) is 17.8 Å². The van der Waals surface area contributed by atoms with Crippen LogP contribution in [-0.4, -0.2) is 15.5 Å². The van der Waals surface area contributed by atoms with Crippen LogP contribution < -0.4 is 11.3 Å². The van der Waals surface area contributed by atoms with Gasteiger partial charge in [-0.2, -0.15) is 0 Å². The molecule has 0 bridgehead atoms. The molecular weight excluding hydrogens is 341 g/mol. The summed E-state index contributed by atoms with van der Waals surface area (Å²) in [7, 11) is 0. The van der Waals surface area contributed by atoms with Gasteiger partial charge in [-0.05, 0) is 24.1 Å². The molecule has 2 N–H and O–H groups in total. The molecule has 0 radical (unpaired) electrons. The van der Waals surface area contributed by atoms with E-state index in [1.807, 2.05) is 12.3 Å². The highest BCUT2D eigenvalue weighted by molar-refractivity contribution is 7.17. The molecule has 1 amide bonds. The average Bonchev–Trinajstić information content (AvgIpc) is 3.01. The fraction of sp³-hybridized carbons (Fsp3) is 0.278. The molecule has 7 heteroatoms. The SMILES string of the molecule is CCc1nc2scc(-c3ccc(F)cc3)c2c(=O)n1CCCC(N)=O. The third-order valence-electron chi connectivity index (χ3n) is 4.05. The Bertz CT molecular complexity index is 976. The minimum Gasteiger partial charge on any atom is -0.370 e. The van der Waals surface area contributed by atoms with Crippen LogP contribution in [0.5, 0.6) is 0 Å². The van der Waals surface area contributed by atoms with Crippen LogP contribution >= 0.6 is 11.3 Å². The number of hydrogen-bond donors (Lipinski definition) is 1. The third kappa shape index (κ3) is 3.46. The molecule has 0 aliphatic rings. The predicted molar refractivity (Wildman–Crippen MR) is 97.1 cm³/mol. The molecule has 130 valence electrons. The first-order valence-electron chi connectivity index (χ1n) is 8.06. The Labute approximate surface area is 147 Å². The monoisotopic (exact) mass is 359 g/mol. The summed E-state index contributed by atoms with van der Waals surface area (Å²) in [5.41, 5.74) is 6.58. The van der Waals surface area contributed by atoms with Crippen molar-refractivity contribution in [3.05, 3.63) is 51.6 Å². The predicted octanol–water partition coefficient (Wildman–Crippen LogP) is 3.09. The van der Waals surface area contributed by atoms with Crippen LogP contribution in [0.2, 0.25) is 0 Å². The Hall–Kier alpha value is -2.54.